The number of amides is 1. The summed E-state index contributed by atoms with van der Waals surface area (Å²) < 4.78 is 25.7. The van der Waals surface area contributed by atoms with E-state index in [-0.39, 0.29) is 18.5 Å². The highest BCUT2D eigenvalue weighted by Crippen LogP contribution is 2.34. The van der Waals surface area contributed by atoms with Gasteiger partial charge < -0.3 is 19.4 Å². The van der Waals surface area contributed by atoms with E-state index in [1.54, 1.807) is 37.3 Å². The van der Waals surface area contributed by atoms with Crippen molar-refractivity contribution in [3.05, 3.63) is 48.3 Å². The molecule has 1 aromatic heterocycles. The summed E-state index contributed by atoms with van der Waals surface area (Å²) in [5, 5.41) is 11.6. The van der Waals surface area contributed by atoms with Crippen LogP contribution < -0.4 is 14.8 Å². The Hall–Kier alpha value is -3.07. The molecule has 0 saturated carbocycles. The third-order valence-corrected chi connectivity index (χ3v) is 5.51. The lowest BCUT2D eigenvalue weighted by Gasteiger charge is -2.13. The Morgan fingerprint density at radius 1 is 1.21 bits per heavy atom. The predicted molar refractivity (Wildman–Crippen MR) is 108 cm³/mol. The van der Waals surface area contributed by atoms with E-state index in [0.29, 0.717) is 34.7 Å². The molecule has 1 N–H and O–H groups in total. The molecule has 4 rings (SSSR count). The van der Waals surface area contributed by atoms with Crippen molar-refractivity contribution in [2.45, 2.75) is 30.8 Å². The fourth-order valence-corrected chi connectivity index (χ4v) is 3.82. The van der Waals surface area contributed by atoms with E-state index in [4.69, 9.17) is 9.47 Å². The van der Waals surface area contributed by atoms with Crippen LogP contribution in [0.15, 0.2) is 47.6 Å². The smallest absolute Gasteiger partial charge is 0.237 e. The number of ether oxygens (including phenoxy) is 2. The number of nitrogens with one attached hydrogen (secondary N) is 1. The minimum Gasteiger partial charge on any atom is -0.454 e. The Kier molecular flexibility index (Phi) is 5.39. The van der Waals surface area contributed by atoms with Crippen molar-refractivity contribution in [1.29, 1.82) is 0 Å². The SMILES string of the molecule is CCn1c(SC(C)C(=O)Nc2ccc3c(c2)OCO3)nnc1-c1ccc(F)cc1. The number of nitrogens with zero attached hydrogens (tertiary/aromatic N) is 3. The Morgan fingerprint density at radius 2 is 1.97 bits per heavy atom. The molecule has 3 aromatic rings. The molecule has 2 aromatic carbocycles. The highest BCUT2D eigenvalue weighted by molar-refractivity contribution is 8.00. The summed E-state index contributed by atoms with van der Waals surface area (Å²) >= 11 is 1.31. The summed E-state index contributed by atoms with van der Waals surface area (Å²) in [5.74, 6) is 1.44. The number of carbonyl (C=O) groups excluding carboxylic acids is 1. The fraction of sp³-hybridized carbons (Fsp3) is 0.250. The van der Waals surface area contributed by atoms with Crippen LogP contribution in [-0.2, 0) is 11.3 Å². The summed E-state index contributed by atoms with van der Waals surface area (Å²) in [7, 11) is 0. The zero-order valence-electron chi connectivity index (χ0n) is 15.9. The first-order valence-electron chi connectivity index (χ1n) is 9.11. The molecule has 0 spiro atoms. The van der Waals surface area contributed by atoms with Crippen LogP contribution in [0.25, 0.3) is 11.4 Å². The Balaban J connectivity index is 1.47. The number of rotatable bonds is 6. The van der Waals surface area contributed by atoms with E-state index < -0.39 is 5.25 Å². The molecule has 1 atom stereocenters. The number of hydrogen-bond acceptors (Lipinski definition) is 6. The van der Waals surface area contributed by atoms with Gasteiger partial charge in [0.2, 0.25) is 12.7 Å². The second-order valence-corrected chi connectivity index (χ2v) is 7.68. The molecule has 7 nitrogen and oxygen atoms in total. The van der Waals surface area contributed by atoms with Crippen molar-refractivity contribution in [3.63, 3.8) is 0 Å². The molecule has 1 unspecified atom stereocenters. The van der Waals surface area contributed by atoms with Crippen molar-refractivity contribution >= 4 is 23.4 Å². The van der Waals surface area contributed by atoms with Crippen LogP contribution >= 0.6 is 11.8 Å². The second-order valence-electron chi connectivity index (χ2n) is 6.37. The maximum Gasteiger partial charge on any atom is 0.237 e. The van der Waals surface area contributed by atoms with Gasteiger partial charge in [0, 0.05) is 23.9 Å². The first-order chi connectivity index (χ1) is 14.0. The van der Waals surface area contributed by atoms with Gasteiger partial charge in [0.15, 0.2) is 22.5 Å². The molecule has 0 fully saturated rings. The molecule has 29 heavy (non-hydrogen) atoms. The van der Waals surface area contributed by atoms with Crippen molar-refractivity contribution in [2.24, 2.45) is 0 Å². The normalized spacial score (nSPS) is 13.3. The van der Waals surface area contributed by atoms with Gasteiger partial charge in [-0.15, -0.1) is 10.2 Å². The summed E-state index contributed by atoms with van der Waals surface area (Å²) in [6.45, 7) is 4.58. The third-order valence-electron chi connectivity index (χ3n) is 4.43. The van der Waals surface area contributed by atoms with Gasteiger partial charge in [-0.3, -0.25) is 4.79 Å². The van der Waals surface area contributed by atoms with Crippen LogP contribution in [0, 0.1) is 5.82 Å². The zero-order chi connectivity index (χ0) is 20.4. The highest BCUT2D eigenvalue weighted by atomic mass is 32.2. The van der Waals surface area contributed by atoms with E-state index in [2.05, 4.69) is 15.5 Å². The van der Waals surface area contributed by atoms with E-state index in [9.17, 15) is 9.18 Å². The van der Waals surface area contributed by atoms with Crippen molar-refractivity contribution < 1.29 is 18.7 Å². The lowest BCUT2D eigenvalue weighted by atomic mass is 10.2. The average molecular weight is 414 g/mol. The second kappa shape index (κ2) is 8.12. The molecule has 0 aliphatic carbocycles. The van der Waals surface area contributed by atoms with Gasteiger partial charge >= 0.3 is 0 Å². The van der Waals surface area contributed by atoms with Crippen LogP contribution in [0.3, 0.4) is 0 Å². The van der Waals surface area contributed by atoms with Gasteiger partial charge in [0.25, 0.3) is 0 Å². The Labute approximate surface area is 171 Å². The van der Waals surface area contributed by atoms with Crippen LogP contribution in [0.2, 0.25) is 0 Å². The number of fused-ring (bicyclic) bond motifs is 1. The van der Waals surface area contributed by atoms with E-state index in [1.165, 1.54) is 23.9 Å². The topological polar surface area (TPSA) is 78.3 Å². The molecule has 1 aliphatic heterocycles. The van der Waals surface area contributed by atoms with Crippen molar-refractivity contribution in [3.8, 4) is 22.9 Å². The van der Waals surface area contributed by atoms with E-state index in [0.717, 1.165) is 5.56 Å². The van der Waals surface area contributed by atoms with E-state index in [1.807, 2.05) is 11.5 Å². The molecule has 9 heteroatoms. The number of anilines is 1. The summed E-state index contributed by atoms with van der Waals surface area (Å²) in [6.07, 6.45) is 0. The lowest BCUT2D eigenvalue weighted by molar-refractivity contribution is -0.115. The number of carbonyl (C=O) groups is 1. The first-order valence-corrected chi connectivity index (χ1v) is 9.99. The van der Waals surface area contributed by atoms with Gasteiger partial charge in [0.1, 0.15) is 5.82 Å². The number of benzene rings is 2. The number of thioether (sulfide) groups is 1. The van der Waals surface area contributed by atoms with Gasteiger partial charge in [-0.25, -0.2) is 4.39 Å². The van der Waals surface area contributed by atoms with Gasteiger partial charge in [-0.05, 0) is 50.2 Å². The lowest BCUT2D eigenvalue weighted by Crippen LogP contribution is -2.22. The van der Waals surface area contributed by atoms with Crippen LogP contribution in [0.1, 0.15) is 13.8 Å². The Bertz CT molecular complexity index is 1040. The largest absolute Gasteiger partial charge is 0.454 e. The molecular weight excluding hydrogens is 395 g/mol. The summed E-state index contributed by atoms with van der Waals surface area (Å²) in [5.41, 5.74) is 1.40. The maximum atomic E-state index is 13.2. The minimum atomic E-state index is -0.406. The first kappa shape index (κ1) is 19.3. The van der Waals surface area contributed by atoms with Crippen LogP contribution in [-0.4, -0.2) is 32.7 Å². The maximum absolute atomic E-state index is 13.2. The molecule has 1 aliphatic rings. The van der Waals surface area contributed by atoms with Gasteiger partial charge in [-0.2, -0.15) is 0 Å². The van der Waals surface area contributed by atoms with Crippen LogP contribution in [0.4, 0.5) is 10.1 Å². The molecule has 0 bridgehead atoms. The molecule has 0 radical (unpaired) electrons. The number of halogens is 1. The standard InChI is InChI=1S/C20H19FN4O3S/c1-3-25-18(13-4-6-14(21)7-5-13)23-24-20(25)29-12(2)19(26)22-15-8-9-16-17(10-15)28-11-27-16/h4-10,12H,3,11H2,1-2H3,(H,22,26). The summed E-state index contributed by atoms with van der Waals surface area (Å²) in [6, 6.07) is 11.4. The molecule has 2 heterocycles. The predicted octanol–water partition coefficient (Wildman–Crippen LogP) is 3.95. The van der Waals surface area contributed by atoms with E-state index >= 15 is 0 Å². The van der Waals surface area contributed by atoms with Gasteiger partial charge in [0.05, 0.1) is 5.25 Å². The fourth-order valence-electron chi connectivity index (χ4n) is 2.90. The van der Waals surface area contributed by atoms with Crippen molar-refractivity contribution in [1.82, 2.24) is 14.8 Å². The number of hydrogen-bond donors (Lipinski definition) is 1. The minimum absolute atomic E-state index is 0.164. The quantitative estimate of drug-likeness (QED) is 0.616. The summed E-state index contributed by atoms with van der Waals surface area (Å²) in [4.78, 5) is 12.6. The molecule has 150 valence electrons. The number of aromatic nitrogens is 3. The van der Waals surface area contributed by atoms with Gasteiger partial charge in [-0.1, -0.05) is 11.8 Å². The third kappa shape index (κ3) is 4.04. The Morgan fingerprint density at radius 3 is 2.72 bits per heavy atom. The monoisotopic (exact) mass is 414 g/mol. The highest BCUT2D eigenvalue weighted by Gasteiger charge is 2.21. The van der Waals surface area contributed by atoms with Crippen molar-refractivity contribution in [2.75, 3.05) is 12.1 Å². The molecular formula is C20H19FN4O3S. The molecule has 1 amide bonds. The molecule has 0 saturated heterocycles. The average Bonchev–Trinajstić information content (AvgIpc) is 3.34. The zero-order valence-corrected chi connectivity index (χ0v) is 16.7. The van der Waals surface area contributed by atoms with Crippen LogP contribution in [0.5, 0.6) is 11.5 Å².